The van der Waals surface area contributed by atoms with E-state index in [2.05, 4.69) is 34.7 Å². The molecule has 1 aliphatic rings. The Bertz CT molecular complexity index is 353. The highest BCUT2D eigenvalue weighted by molar-refractivity contribution is 6.31. The van der Waals surface area contributed by atoms with Crippen molar-refractivity contribution >= 4 is 11.6 Å². The van der Waals surface area contributed by atoms with Gasteiger partial charge in [0.2, 0.25) is 0 Å². The fourth-order valence-corrected chi connectivity index (χ4v) is 2.54. The van der Waals surface area contributed by atoms with Crippen molar-refractivity contribution in [1.29, 1.82) is 0 Å². The van der Waals surface area contributed by atoms with Crippen LogP contribution in [0, 0.1) is 13.8 Å². The van der Waals surface area contributed by atoms with Crippen molar-refractivity contribution in [1.82, 2.24) is 14.8 Å². The van der Waals surface area contributed by atoms with Gasteiger partial charge in [0.1, 0.15) is 0 Å². The summed E-state index contributed by atoms with van der Waals surface area (Å²) in [5.74, 6) is 0. The first-order valence-corrected chi connectivity index (χ1v) is 6.31. The van der Waals surface area contributed by atoms with Crippen molar-refractivity contribution in [2.75, 3.05) is 32.7 Å². The zero-order chi connectivity index (χ0) is 11.5. The predicted molar refractivity (Wildman–Crippen MR) is 68.2 cm³/mol. The molecule has 1 N–H and O–H groups in total. The van der Waals surface area contributed by atoms with E-state index >= 15 is 0 Å². The van der Waals surface area contributed by atoms with E-state index in [4.69, 9.17) is 11.6 Å². The molecule has 0 amide bonds. The number of nitrogens with one attached hydrogen (secondary N) is 1. The van der Waals surface area contributed by atoms with E-state index in [0.29, 0.717) is 0 Å². The second kappa shape index (κ2) is 5.21. The highest BCUT2D eigenvalue weighted by Gasteiger charge is 2.11. The molecular formula is C12H20ClN3. The maximum absolute atomic E-state index is 6.11. The molecule has 1 aromatic rings. The van der Waals surface area contributed by atoms with Gasteiger partial charge in [0, 0.05) is 50.7 Å². The Hall–Kier alpha value is -0.510. The minimum Gasteiger partial charge on any atom is -0.346 e. The van der Waals surface area contributed by atoms with Crippen molar-refractivity contribution in [2.24, 2.45) is 0 Å². The number of aryl methyl sites for hydroxylation is 1. The van der Waals surface area contributed by atoms with Crippen LogP contribution in [0.4, 0.5) is 0 Å². The van der Waals surface area contributed by atoms with E-state index in [0.717, 1.165) is 44.3 Å². The first-order chi connectivity index (χ1) is 7.68. The van der Waals surface area contributed by atoms with Crippen LogP contribution >= 0.6 is 11.6 Å². The fraction of sp³-hybridized carbons (Fsp3) is 0.667. The Morgan fingerprint density at radius 3 is 2.50 bits per heavy atom. The molecule has 0 radical (unpaired) electrons. The Kier molecular flexibility index (Phi) is 3.90. The van der Waals surface area contributed by atoms with Gasteiger partial charge in [0.25, 0.3) is 0 Å². The van der Waals surface area contributed by atoms with E-state index in [1.807, 2.05) is 0 Å². The zero-order valence-corrected chi connectivity index (χ0v) is 10.8. The molecule has 0 unspecified atom stereocenters. The molecular weight excluding hydrogens is 222 g/mol. The second-order valence-electron chi connectivity index (χ2n) is 4.46. The Labute approximate surface area is 102 Å². The summed E-state index contributed by atoms with van der Waals surface area (Å²) in [6, 6.07) is 2.05. The SMILES string of the molecule is Cc1cc(Cl)c(C)n1CCN1CCNCC1. The van der Waals surface area contributed by atoms with E-state index in [-0.39, 0.29) is 0 Å². The normalized spacial score (nSPS) is 17.9. The van der Waals surface area contributed by atoms with E-state index in [1.54, 1.807) is 0 Å². The zero-order valence-electron chi connectivity index (χ0n) is 10.1. The van der Waals surface area contributed by atoms with Crippen LogP contribution in [0.2, 0.25) is 5.02 Å². The molecule has 0 aliphatic carbocycles. The van der Waals surface area contributed by atoms with E-state index < -0.39 is 0 Å². The average molecular weight is 242 g/mol. The molecule has 90 valence electrons. The second-order valence-corrected chi connectivity index (χ2v) is 4.87. The molecule has 0 aromatic carbocycles. The van der Waals surface area contributed by atoms with Gasteiger partial charge in [-0.25, -0.2) is 0 Å². The smallest absolute Gasteiger partial charge is 0.0615 e. The van der Waals surface area contributed by atoms with Crippen LogP contribution in [0.25, 0.3) is 0 Å². The summed E-state index contributed by atoms with van der Waals surface area (Å²) in [4.78, 5) is 2.50. The summed E-state index contributed by atoms with van der Waals surface area (Å²) in [6.45, 7) is 10.9. The Morgan fingerprint density at radius 1 is 1.25 bits per heavy atom. The lowest BCUT2D eigenvalue weighted by Crippen LogP contribution is -2.44. The summed E-state index contributed by atoms with van der Waals surface area (Å²) < 4.78 is 2.31. The Morgan fingerprint density at radius 2 is 1.94 bits per heavy atom. The van der Waals surface area contributed by atoms with Crippen LogP contribution in [-0.4, -0.2) is 42.2 Å². The number of hydrogen-bond acceptors (Lipinski definition) is 2. The van der Waals surface area contributed by atoms with Gasteiger partial charge in [-0.15, -0.1) is 0 Å². The number of hydrogen-bond donors (Lipinski definition) is 1. The average Bonchev–Trinajstić information content (AvgIpc) is 2.53. The lowest BCUT2D eigenvalue weighted by molar-refractivity contribution is 0.231. The molecule has 3 nitrogen and oxygen atoms in total. The van der Waals surface area contributed by atoms with Crippen LogP contribution in [0.3, 0.4) is 0 Å². The quantitative estimate of drug-likeness (QED) is 0.869. The summed E-state index contributed by atoms with van der Waals surface area (Å²) in [6.07, 6.45) is 0. The molecule has 1 fully saturated rings. The van der Waals surface area contributed by atoms with Gasteiger partial charge in [-0.2, -0.15) is 0 Å². The molecule has 1 aliphatic heterocycles. The summed E-state index contributed by atoms with van der Waals surface area (Å²) in [5.41, 5.74) is 2.45. The summed E-state index contributed by atoms with van der Waals surface area (Å²) in [5, 5.41) is 4.26. The van der Waals surface area contributed by atoms with Gasteiger partial charge < -0.3 is 9.88 Å². The number of halogens is 1. The van der Waals surface area contributed by atoms with E-state index in [9.17, 15) is 0 Å². The van der Waals surface area contributed by atoms with Gasteiger partial charge in [-0.05, 0) is 19.9 Å². The third kappa shape index (κ3) is 2.59. The minimum atomic E-state index is 0.887. The molecule has 16 heavy (non-hydrogen) atoms. The Balaban J connectivity index is 1.93. The van der Waals surface area contributed by atoms with Crippen molar-refractivity contribution < 1.29 is 0 Å². The van der Waals surface area contributed by atoms with Crippen LogP contribution < -0.4 is 5.32 Å². The molecule has 4 heteroatoms. The number of piperazine rings is 1. The van der Waals surface area contributed by atoms with Crippen molar-refractivity contribution in [3.63, 3.8) is 0 Å². The molecule has 1 saturated heterocycles. The number of nitrogens with zero attached hydrogens (tertiary/aromatic N) is 2. The largest absolute Gasteiger partial charge is 0.346 e. The van der Waals surface area contributed by atoms with Gasteiger partial charge in [0.15, 0.2) is 0 Å². The van der Waals surface area contributed by atoms with Crippen LogP contribution in [0.1, 0.15) is 11.4 Å². The van der Waals surface area contributed by atoms with Crippen LogP contribution in [-0.2, 0) is 6.54 Å². The maximum Gasteiger partial charge on any atom is 0.0615 e. The van der Waals surface area contributed by atoms with Crippen LogP contribution in [0.15, 0.2) is 6.07 Å². The molecule has 0 saturated carbocycles. The van der Waals surface area contributed by atoms with Gasteiger partial charge >= 0.3 is 0 Å². The fourth-order valence-electron chi connectivity index (χ4n) is 2.28. The maximum atomic E-state index is 6.11. The molecule has 0 spiro atoms. The molecule has 2 heterocycles. The summed E-state index contributed by atoms with van der Waals surface area (Å²) >= 11 is 6.11. The molecule has 1 aromatic heterocycles. The first kappa shape index (κ1) is 12.0. The van der Waals surface area contributed by atoms with Crippen LogP contribution in [0.5, 0.6) is 0 Å². The highest BCUT2D eigenvalue weighted by atomic mass is 35.5. The first-order valence-electron chi connectivity index (χ1n) is 5.94. The predicted octanol–water partition coefficient (Wildman–Crippen LogP) is 1.66. The molecule has 0 bridgehead atoms. The lowest BCUT2D eigenvalue weighted by atomic mass is 10.3. The molecule has 2 rings (SSSR count). The monoisotopic (exact) mass is 241 g/mol. The standard InChI is InChI=1S/C12H20ClN3/c1-10-9-12(13)11(2)16(10)8-7-15-5-3-14-4-6-15/h9,14H,3-8H2,1-2H3. The third-order valence-corrected chi connectivity index (χ3v) is 3.74. The van der Waals surface area contributed by atoms with Crippen molar-refractivity contribution in [3.8, 4) is 0 Å². The molecule has 0 atom stereocenters. The lowest BCUT2D eigenvalue weighted by Gasteiger charge is -2.27. The topological polar surface area (TPSA) is 20.2 Å². The van der Waals surface area contributed by atoms with Gasteiger partial charge in [0.05, 0.1) is 5.02 Å². The third-order valence-electron chi connectivity index (χ3n) is 3.36. The minimum absolute atomic E-state index is 0.887. The van der Waals surface area contributed by atoms with Gasteiger partial charge in [-0.1, -0.05) is 11.6 Å². The highest BCUT2D eigenvalue weighted by Crippen LogP contribution is 2.19. The van der Waals surface area contributed by atoms with E-state index in [1.165, 1.54) is 11.4 Å². The summed E-state index contributed by atoms with van der Waals surface area (Å²) in [7, 11) is 0. The van der Waals surface area contributed by atoms with Crippen molar-refractivity contribution in [2.45, 2.75) is 20.4 Å². The number of aromatic nitrogens is 1. The number of rotatable bonds is 3. The van der Waals surface area contributed by atoms with Gasteiger partial charge in [-0.3, -0.25) is 4.90 Å². The van der Waals surface area contributed by atoms with Crippen molar-refractivity contribution in [3.05, 3.63) is 22.5 Å².